The summed E-state index contributed by atoms with van der Waals surface area (Å²) in [7, 11) is 0. The largest absolute Gasteiger partial charge is 0.337 e. The van der Waals surface area contributed by atoms with Crippen molar-refractivity contribution in [2.45, 2.75) is 32.1 Å². The van der Waals surface area contributed by atoms with E-state index in [1.54, 1.807) is 0 Å². The molecule has 0 atom stereocenters. The van der Waals surface area contributed by atoms with Crippen LogP contribution in [0.25, 0.3) is 11.0 Å². The van der Waals surface area contributed by atoms with Crippen molar-refractivity contribution in [1.29, 1.82) is 0 Å². The van der Waals surface area contributed by atoms with E-state index in [0.717, 1.165) is 31.9 Å². The van der Waals surface area contributed by atoms with E-state index in [0.29, 0.717) is 18.8 Å². The predicted molar refractivity (Wildman–Crippen MR) is 107 cm³/mol. The second-order valence-corrected chi connectivity index (χ2v) is 8.27. The number of carbonyl (C=O) groups excluding carboxylic acids is 1. The standard InChI is InChI=1S/C18H20ClN3OS2/c1-3-21(11-13-9-10-16(19)25-13)17(23)12-24-18-20-14-7-5-6-8-15(14)22(18)4-2/h5-10H,3-4,11-12H2,1-2H3. The number of fused-ring (bicyclic) bond motifs is 1. The number of hydrogen-bond acceptors (Lipinski definition) is 4. The molecule has 3 rings (SSSR count). The maximum absolute atomic E-state index is 12.6. The molecule has 0 saturated heterocycles. The van der Waals surface area contributed by atoms with Crippen molar-refractivity contribution >= 4 is 51.6 Å². The Morgan fingerprint density at radius 3 is 2.76 bits per heavy atom. The highest BCUT2D eigenvalue weighted by atomic mass is 35.5. The first-order valence-corrected chi connectivity index (χ1v) is 10.4. The number of para-hydroxylation sites is 2. The zero-order valence-electron chi connectivity index (χ0n) is 14.2. The topological polar surface area (TPSA) is 38.1 Å². The lowest BCUT2D eigenvalue weighted by molar-refractivity contribution is -0.128. The summed E-state index contributed by atoms with van der Waals surface area (Å²) in [6, 6.07) is 11.9. The van der Waals surface area contributed by atoms with E-state index in [1.807, 2.05) is 42.2 Å². The van der Waals surface area contributed by atoms with Gasteiger partial charge >= 0.3 is 0 Å². The van der Waals surface area contributed by atoms with Gasteiger partial charge in [0.1, 0.15) is 0 Å². The zero-order valence-corrected chi connectivity index (χ0v) is 16.6. The Balaban J connectivity index is 1.68. The molecular weight excluding hydrogens is 374 g/mol. The Labute approximate surface area is 160 Å². The van der Waals surface area contributed by atoms with Crippen LogP contribution in [0.2, 0.25) is 4.34 Å². The predicted octanol–water partition coefficient (Wildman–Crippen LogP) is 4.91. The molecule has 0 radical (unpaired) electrons. The Kier molecular flexibility index (Phi) is 6.04. The molecule has 132 valence electrons. The Morgan fingerprint density at radius 2 is 2.08 bits per heavy atom. The van der Waals surface area contributed by atoms with Gasteiger partial charge in [-0.2, -0.15) is 0 Å². The lowest BCUT2D eigenvalue weighted by Crippen LogP contribution is -2.31. The van der Waals surface area contributed by atoms with Gasteiger partial charge in [0, 0.05) is 18.0 Å². The van der Waals surface area contributed by atoms with E-state index in [9.17, 15) is 4.79 Å². The number of halogens is 1. The highest BCUT2D eigenvalue weighted by Crippen LogP contribution is 2.25. The highest BCUT2D eigenvalue weighted by molar-refractivity contribution is 7.99. The lowest BCUT2D eigenvalue weighted by Gasteiger charge is -2.19. The van der Waals surface area contributed by atoms with Crippen LogP contribution in [0.5, 0.6) is 0 Å². The second-order valence-electron chi connectivity index (χ2n) is 5.53. The number of benzene rings is 1. The van der Waals surface area contributed by atoms with Crippen LogP contribution in [-0.2, 0) is 17.9 Å². The van der Waals surface area contributed by atoms with Gasteiger partial charge in [0.2, 0.25) is 5.91 Å². The molecule has 2 heterocycles. The van der Waals surface area contributed by atoms with Crippen LogP contribution in [0.1, 0.15) is 18.7 Å². The number of thiophene rings is 1. The van der Waals surface area contributed by atoms with Gasteiger partial charge < -0.3 is 9.47 Å². The number of carbonyl (C=O) groups is 1. The van der Waals surface area contributed by atoms with Crippen LogP contribution in [0.15, 0.2) is 41.6 Å². The first-order chi connectivity index (χ1) is 12.1. The summed E-state index contributed by atoms with van der Waals surface area (Å²) in [5.41, 5.74) is 2.08. The third-order valence-corrected chi connectivity index (χ3v) is 6.15. The molecule has 0 aliphatic rings. The molecule has 7 heteroatoms. The quantitative estimate of drug-likeness (QED) is 0.535. The summed E-state index contributed by atoms with van der Waals surface area (Å²) < 4.78 is 2.91. The van der Waals surface area contributed by atoms with Gasteiger partial charge in [0.05, 0.1) is 27.7 Å². The number of hydrogen-bond donors (Lipinski definition) is 0. The number of aryl methyl sites for hydroxylation is 1. The first kappa shape index (κ1) is 18.3. The fourth-order valence-corrected chi connectivity index (χ4v) is 4.77. The lowest BCUT2D eigenvalue weighted by atomic mass is 10.3. The van der Waals surface area contributed by atoms with Crippen LogP contribution < -0.4 is 0 Å². The molecule has 0 fully saturated rings. The molecule has 4 nitrogen and oxygen atoms in total. The molecule has 1 amide bonds. The summed E-state index contributed by atoms with van der Waals surface area (Å²) in [6.45, 7) is 6.22. The average Bonchev–Trinajstić information content (AvgIpc) is 3.19. The van der Waals surface area contributed by atoms with Gasteiger partial charge in [-0.25, -0.2) is 4.98 Å². The van der Waals surface area contributed by atoms with Crippen molar-refractivity contribution in [3.05, 3.63) is 45.6 Å². The SMILES string of the molecule is CCN(Cc1ccc(Cl)s1)C(=O)CSc1nc2ccccc2n1CC. The van der Waals surface area contributed by atoms with E-state index in [2.05, 4.69) is 22.5 Å². The fourth-order valence-electron chi connectivity index (χ4n) is 2.69. The minimum Gasteiger partial charge on any atom is -0.337 e. The maximum Gasteiger partial charge on any atom is 0.233 e. The Morgan fingerprint density at radius 1 is 1.28 bits per heavy atom. The number of rotatable bonds is 7. The number of nitrogens with zero attached hydrogens (tertiary/aromatic N) is 3. The van der Waals surface area contributed by atoms with Crippen LogP contribution in [0, 0.1) is 0 Å². The fraction of sp³-hybridized carbons (Fsp3) is 0.333. The number of imidazole rings is 1. The van der Waals surface area contributed by atoms with Crippen molar-refractivity contribution in [2.24, 2.45) is 0 Å². The van der Waals surface area contributed by atoms with Gasteiger partial charge in [-0.05, 0) is 38.1 Å². The Bertz CT molecular complexity index is 874. The number of thioether (sulfide) groups is 1. The normalized spacial score (nSPS) is 11.2. The van der Waals surface area contributed by atoms with Crippen molar-refractivity contribution < 1.29 is 4.79 Å². The molecule has 0 saturated carbocycles. The van der Waals surface area contributed by atoms with Gasteiger partial charge in [0.15, 0.2) is 5.16 Å². The van der Waals surface area contributed by atoms with Crippen molar-refractivity contribution in [3.63, 3.8) is 0 Å². The molecule has 0 bridgehead atoms. The molecule has 0 N–H and O–H groups in total. The van der Waals surface area contributed by atoms with Crippen molar-refractivity contribution in [3.8, 4) is 0 Å². The zero-order chi connectivity index (χ0) is 17.8. The van der Waals surface area contributed by atoms with Gasteiger partial charge in [0.25, 0.3) is 0 Å². The monoisotopic (exact) mass is 393 g/mol. The van der Waals surface area contributed by atoms with Crippen molar-refractivity contribution in [2.75, 3.05) is 12.3 Å². The molecule has 0 unspecified atom stereocenters. The van der Waals surface area contributed by atoms with Crippen LogP contribution in [0.4, 0.5) is 0 Å². The molecule has 0 aliphatic carbocycles. The molecular formula is C18H20ClN3OS2. The average molecular weight is 394 g/mol. The Hall–Kier alpha value is -1.50. The third-order valence-electron chi connectivity index (χ3n) is 3.97. The highest BCUT2D eigenvalue weighted by Gasteiger charge is 2.16. The summed E-state index contributed by atoms with van der Waals surface area (Å²) in [5, 5.41) is 0.896. The van der Waals surface area contributed by atoms with Gasteiger partial charge in [-0.15, -0.1) is 11.3 Å². The molecule has 1 aromatic carbocycles. The molecule has 3 aromatic rings. The number of amides is 1. The summed E-state index contributed by atoms with van der Waals surface area (Å²) in [4.78, 5) is 20.2. The third kappa shape index (κ3) is 4.19. The second kappa shape index (κ2) is 8.25. The van der Waals surface area contributed by atoms with E-state index < -0.39 is 0 Å². The minimum atomic E-state index is 0.117. The van der Waals surface area contributed by atoms with Gasteiger partial charge in [-0.3, -0.25) is 4.79 Å². The summed E-state index contributed by atoms with van der Waals surface area (Å²) in [5.74, 6) is 0.503. The molecule has 25 heavy (non-hydrogen) atoms. The summed E-state index contributed by atoms with van der Waals surface area (Å²) >= 11 is 9.00. The molecule has 0 aliphatic heterocycles. The maximum atomic E-state index is 12.6. The van der Waals surface area contributed by atoms with E-state index in [4.69, 9.17) is 11.6 Å². The summed E-state index contributed by atoms with van der Waals surface area (Å²) in [6.07, 6.45) is 0. The molecule has 0 spiro atoms. The first-order valence-electron chi connectivity index (χ1n) is 8.22. The minimum absolute atomic E-state index is 0.117. The van der Waals surface area contributed by atoms with E-state index in [-0.39, 0.29) is 5.91 Å². The van der Waals surface area contributed by atoms with Crippen LogP contribution >= 0.6 is 34.7 Å². The van der Waals surface area contributed by atoms with Crippen molar-refractivity contribution in [1.82, 2.24) is 14.5 Å². The molecule has 2 aromatic heterocycles. The van der Waals surface area contributed by atoms with Gasteiger partial charge in [-0.1, -0.05) is 35.5 Å². The van der Waals surface area contributed by atoms with Crippen LogP contribution in [0.3, 0.4) is 0 Å². The van der Waals surface area contributed by atoms with E-state index in [1.165, 1.54) is 23.1 Å². The smallest absolute Gasteiger partial charge is 0.233 e. The van der Waals surface area contributed by atoms with E-state index >= 15 is 0 Å². The van der Waals surface area contributed by atoms with Crippen LogP contribution in [-0.4, -0.2) is 32.7 Å². The number of aromatic nitrogens is 2.